The fourth-order valence-corrected chi connectivity index (χ4v) is 4.54. The third-order valence-electron chi connectivity index (χ3n) is 5.65. The Kier molecular flexibility index (Phi) is 3.95. The number of esters is 2. The molecule has 0 aromatic carbocycles. The first-order chi connectivity index (χ1) is 10.6. The van der Waals surface area contributed by atoms with E-state index in [1.54, 1.807) is 6.92 Å². The second-order valence-electron chi connectivity index (χ2n) is 7.28. The zero-order valence-electron chi connectivity index (χ0n) is 13.6. The molecular formula is C15H23NO6S. The predicted molar refractivity (Wildman–Crippen MR) is 80.7 cm³/mol. The van der Waals surface area contributed by atoms with Crippen LogP contribution in [0.5, 0.6) is 0 Å². The molecule has 0 amide bonds. The van der Waals surface area contributed by atoms with Gasteiger partial charge in [0.2, 0.25) is 10.0 Å². The van der Waals surface area contributed by atoms with Crippen molar-refractivity contribution in [3.63, 3.8) is 0 Å². The van der Waals surface area contributed by atoms with E-state index in [0.717, 1.165) is 19.1 Å². The number of carbonyl (C=O) groups is 2. The number of hydrogen-bond acceptors (Lipinski definition) is 6. The Hall–Kier alpha value is -1.15. The van der Waals surface area contributed by atoms with Gasteiger partial charge in [-0.2, -0.15) is 0 Å². The molecule has 0 aromatic heterocycles. The van der Waals surface area contributed by atoms with Crippen LogP contribution in [0.3, 0.4) is 0 Å². The molecule has 2 saturated carbocycles. The van der Waals surface area contributed by atoms with Crippen molar-refractivity contribution >= 4 is 22.0 Å². The lowest BCUT2D eigenvalue weighted by molar-refractivity contribution is -0.171. The van der Waals surface area contributed by atoms with E-state index in [-0.39, 0.29) is 42.5 Å². The number of rotatable bonds is 6. The average Bonchev–Trinajstić information content (AvgIpc) is 3.08. The maximum absolute atomic E-state index is 12.6. The van der Waals surface area contributed by atoms with E-state index in [1.165, 1.54) is 0 Å². The van der Waals surface area contributed by atoms with E-state index in [2.05, 4.69) is 4.72 Å². The number of sulfonamides is 1. The van der Waals surface area contributed by atoms with E-state index >= 15 is 0 Å². The summed E-state index contributed by atoms with van der Waals surface area (Å²) in [7, 11) is -3.38. The van der Waals surface area contributed by atoms with Gasteiger partial charge in [0.15, 0.2) is 0 Å². The van der Waals surface area contributed by atoms with E-state index < -0.39 is 21.4 Å². The molecule has 8 heteroatoms. The Labute approximate surface area is 136 Å². The Bertz CT molecular complexity index is 632. The van der Waals surface area contributed by atoms with Crippen LogP contribution in [0.1, 0.15) is 33.1 Å². The third kappa shape index (κ3) is 2.87. The Balaban J connectivity index is 1.67. The second kappa shape index (κ2) is 5.44. The molecule has 3 rings (SSSR count). The molecule has 1 aliphatic heterocycles. The molecule has 3 fully saturated rings. The topological polar surface area (TPSA) is 98.8 Å². The number of fused-ring (bicyclic) bond motifs is 1. The van der Waals surface area contributed by atoms with Gasteiger partial charge in [-0.15, -0.1) is 0 Å². The molecule has 0 radical (unpaired) electrons. The van der Waals surface area contributed by atoms with E-state index in [4.69, 9.17) is 9.47 Å². The van der Waals surface area contributed by atoms with Crippen LogP contribution in [0.4, 0.5) is 0 Å². The maximum atomic E-state index is 12.6. The lowest BCUT2D eigenvalue weighted by atomic mass is 9.86. The SMILES string of the molecule is CCC(C)(CNS(C)(=O)=O)C(=O)OC1C2CC3C(=O)OC1C3C2. The first-order valence-corrected chi connectivity index (χ1v) is 9.90. The quantitative estimate of drug-likeness (QED) is 0.702. The van der Waals surface area contributed by atoms with Gasteiger partial charge in [0.1, 0.15) is 12.2 Å². The summed E-state index contributed by atoms with van der Waals surface area (Å²) >= 11 is 0. The Morgan fingerprint density at radius 2 is 2.13 bits per heavy atom. The molecule has 6 atom stereocenters. The lowest BCUT2D eigenvalue weighted by Crippen LogP contribution is -2.45. The summed E-state index contributed by atoms with van der Waals surface area (Å²) in [5.41, 5.74) is -0.938. The van der Waals surface area contributed by atoms with E-state index in [9.17, 15) is 18.0 Å². The van der Waals surface area contributed by atoms with Crippen LogP contribution in [0, 0.1) is 23.2 Å². The molecule has 130 valence electrons. The first kappa shape index (κ1) is 16.7. The largest absolute Gasteiger partial charge is 0.458 e. The summed E-state index contributed by atoms with van der Waals surface area (Å²) in [6, 6.07) is 0. The van der Waals surface area contributed by atoms with Gasteiger partial charge in [-0.3, -0.25) is 9.59 Å². The first-order valence-electron chi connectivity index (χ1n) is 8.01. The van der Waals surface area contributed by atoms with Crippen LogP contribution < -0.4 is 4.72 Å². The molecule has 2 bridgehead atoms. The molecule has 1 N–H and O–H groups in total. The highest BCUT2D eigenvalue weighted by molar-refractivity contribution is 7.88. The summed E-state index contributed by atoms with van der Waals surface area (Å²) in [6.07, 6.45) is 2.38. The molecule has 0 spiro atoms. The number of carbonyl (C=O) groups excluding carboxylic acids is 2. The van der Waals surface area contributed by atoms with Crippen molar-refractivity contribution in [1.29, 1.82) is 0 Å². The fraction of sp³-hybridized carbons (Fsp3) is 0.867. The zero-order valence-corrected chi connectivity index (χ0v) is 14.4. The van der Waals surface area contributed by atoms with Crippen LogP contribution in [0.15, 0.2) is 0 Å². The summed E-state index contributed by atoms with van der Waals surface area (Å²) in [5.74, 6) is -0.280. The maximum Gasteiger partial charge on any atom is 0.313 e. The van der Waals surface area contributed by atoms with Gasteiger partial charge >= 0.3 is 11.9 Å². The minimum atomic E-state index is -3.38. The van der Waals surface area contributed by atoms with Crippen LogP contribution in [0.25, 0.3) is 0 Å². The van der Waals surface area contributed by atoms with Crippen molar-refractivity contribution in [2.75, 3.05) is 12.8 Å². The molecule has 1 saturated heterocycles. The van der Waals surface area contributed by atoms with Crippen LogP contribution in [-0.4, -0.2) is 45.4 Å². The van der Waals surface area contributed by atoms with E-state index in [1.807, 2.05) is 6.92 Å². The predicted octanol–water partition coefficient (Wildman–Crippen LogP) is 0.445. The van der Waals surface area contributed by atoms with Crippen molar-refractivity contribution in [3.8, 4) is 0 Å². The Morgan fingerprint density at radius 1 is 1.43 bits per heavy atom. The van der Waals surface area contributed by atoms with Crippen molar-refractivity contribution in [2.45, 2.75) is 45.3 Å². The number of ether oxygens (including phenoxy) is 2. The molecule has 23 heavy (non-hydrogen) atoms. The standard InChI is InChI=1S/C15H23NO6S/c1-4-15(2,7-16-23(3,19)20)14(18)22-11-8-5-9-10(6-8)13(17)21-12(9)11/h8-12,16H,4-7H2,1-3H3. The normalized spacial score (nSPS) is 37.5. The monoisotopic (exact) mass is 345 g/mol. The molecule has 0 aromatic rings. The third-order valence-corrected chi connectivity index (χ3v) is 6.32. The van der Waals surface area contributed by atoms with Gasteiger partial charge in [-0.1, -0.05) is 6.92 Å². The minimum absolute atomic E-state index is 0.00490. The summed E-state index contributed by atoms with van der Waals surface area (Å²) < 4.78 is 36.0. The van der Waals surface area contributed by atoms with Crippen LogP contribution >= 0.6 is 0 Å². The van der Waals surface area contributed by atoms with Crippen molar-refractivity contribution < 1.29 is 27.5 Å². The molecule has 3 aliphatic rings. The van der Waals surface area contributed by atoms with Gasteiger partial charge in [0.25, 0.3) is 0 Å². The zero-order chi connectivity index (χ0) is 17.0. The summed E-state index contributed by atoms with van der Waals surface area (Å²) in [6.45, 7) is 3.50. The minimum Gasteiger partial charge on any atom is -0.458 e. The highest BCUT2D eigenvalue weighted by atomic mass is 32.2. The number of hydrogen-bond donors (Lipinski definition) is 1. The molecule has 6 unspecified atom stereocenters. The lowest BCUT2D eigenvalue weighted by Gasteiger charge is -2.31. The average molecular weight is 345 g/mol. The summed E-state index contributed by atoms with van der Waals surface area (Å²) in [4.78, 5) is 24.4. The van der Waals surface area contributed by atoms with Crippen LogP contribution in [-0.2, 0) is 29.1 Å². The summed E-state index contributed by atoms with van der Waals surface area (Å²) in [5, 5.41) is 0. The fourth-order valence-electron chi connectivity index (χ4n) is 3.96. The van der Waals surface area contributed by atoms with Crippen molar-refractivity contribution in [2.24, 2.45) is 23.2 Å². The highest BCUT2D eigenvalue weighted by Crippen LogP contribution is 2.55. The molecular weight excluding hydrogens is 322 g/mol. The molecule has 7 nitrogen and oxygen atoms in total. The van der Waals surface area contributed by atoms with Gasteiger partial charge in [0.05, 0.1) is 17.6 Å². The van der Waals surface area contributed by atoms with Gasteiger partial charge in [0, 0.05) is 18.4 Å². The highest BCUT2D eigenvalue weighted by Gasteiger charge is 2.63. The Morgan fingerprint density at radius 3 is 2.74 bits per heavy atom. The molecule has 2 aliphatic carbocycles. The van der Waals surface area contributed by atoms with Crippen LogP contribution in [0.2, 0.25) is 0 Å². The number of nitrogens with one attached hydrogen (secondary N) is 1. The van der Waals surface area contributed by atoms with E-state index in [0.29, 0.717) is 6.42 Å². The van der Waals surface area contributed by atoms with Gasteiger partial charge < -0.3 is 9.47 Å². The van der Waals surface area contributed by atoms with Gasteiger partial charge in [-0.05, 0) is 26.2 Å². The van der Waals surface area contributed by atoms with Gasteiger partial charge in [-0.25, -0.2) is 13.1 Å². The smallest absolute Gasteiger partial charge is 0.313 e. The van der Waals surface area contributed by atoms with Crippen molar-refractivity contribution in [3.05, 3.63) is 0 Å². The second-order valence-corrected chi connectivity index (χ2v) is 9.11. The molecule has 1 heterocycles. The van der Waals surface area contributed by atoms with Crippen molar-refractivity contribution in [1.82, 2.24) is 4.72 Å².